The highest BCUT2D eigenvalue weighted by Crippen LogP contribution is 2.24. The Morgan fingerprint density at radius 2 is 2.36 bits per heavy atom. The average Bonchev–Trinajstić information content (AvgIpc) is 2.59. The van der Waals surface area contributed by atoms with Crippen LogP contribution in [0, 0.1) is 0 Å². The van der Waals surface area contributed by atoms with Crippen LogP contribution >= 0.6 is 0 Å². The highest BCUT2D eigenvalue weighted by Gasteiger charge is 2.30. The van der Waals surface area contributed by atoms with Gasteiger partial charge in [0.25, 0.3) is 5.17 Å². The molecule has 2 heterocycles. The molecule has 0 amide bonds. The molecule has 1 unspecified atom stereocenters. The predicted octanol–water partition coefficient (Wildman–Crippen LogP) is -0.0539. The van der Waals surface area contributed by atoms with Crippen molar-refractivity contribution in [3.05, 3.63) is 24.0 Å². The molecule has 0 aromatic carbocycles. The van der Waals surface area contributed by atoms with Gasteiger partial charge in [0, 0.05) is 6.20 Å². The average molecular weight is 215 g/mol. The smallest absolute Gasteiger partial charge is 0.301 e. The summed E-state index contributed by atoms with van der Waals surface area (Å²) in [6.07, 6.45) is 1.94. The molecule has 1 aliphatic rings. The minimum absolute atomic E-state index is 0. The highest BCUT2D eigenvalue weighted by atomic mass is 32.2. The fraction of sp³-hybridized carbons (Fsp3) is 0.143. The second kappa shape index (κ2) is 2.76. The van der Waals surface area contributed by atoms with Crippen LogP contribution in [0.25, 0.3) is 0 Å². The molecule has 1 atom stereocenters. The van der Waals surface area contributed by atoms with Gasteiger partial charge in [0.15, 0.2) is 6.29 Å². The van der Waals surface area contributed by atoms with Crippen LogP contribution in [0.1, 0.15) is 13.2 Å². The summed E-state index contributed by atoms with van der Waals surface area (Å²) in [6.45, 7) is 0. The lowest BCUT2D eigenvalue weighted by molar-refractivity contribution is -0.108. The van der Waals surface area contributed by atoms with Crippen LogP contribution in [0.3, 0.4) is 0 Å². The Morgan fingerprint density at radius 1 is 1.64 bits per heavy atom. The summed E-state index contributed by atoms with van der Waals surface area (Å²) in [5.41, 5.74) is 0.438. The largest absolute Gasteiger partial charge is 1.00 e. The Kier molecular flexibility index (Phi) is 1.79. The zero-order valence-electron chi connectivity index (χ0n) is 7.86. The molecule has 0 radical (unpaired) electrons. The number of carbonyl (C=O) groups excluding carboxylic acids is 1. The van der Waals surface area contributed by atoms with Crippen molar-refractivity contribution in [3.63, 3.8) is 0 Å². The summed E-state index contributed by atoms with van der Waals surface area (Å²) in [5, 5.41) is -0.505. The van der Waals surface area contributed by atoms with Crippen molar-refractivity contribution in [1.82, 2.24) is 4.57 Å². The van der Waals surface area contributed by atoms with Crippen molar-refractivity contribution in [2.75, 3.05) is 0 Å². The van der Waals surface area contributed by atoms with E-state index in [4.69, 9.17) is 4.55 Å². The van der Waals surface area contributed by atoms with E-state index in [1.54, 1.807) is 12.1 Å². The van der Waals surface area contributed by atoms with Crippen LogP contribution in [0.5, 0.6) is 0 Å². The minimum atomic E-state index is -4.37. The number of rotatable bonds is 1. The molecule has 1 aromatic heterocycles. The quantitative estimate of drug-likeness (QED) is 0.525. The molecular weight excluding hydrogens is 208 g/mol. The molecule has 0 spiro atoms. The number of aldehydes is 1. The molecule has 6 nitrogen and oxygen atoms in total. The Labute approximate surface area is 81.1 Å². The maximum absolute atomic E-state index is 10.8. The first kappa shape index (κ1) is 9.10. The number of aromatic nitrogens is 1. The van der Waals surface area contributed by atoms with Crippen molar-refractivity contribution >= 4 is 21.6 Å². The van der Waals surface area contributed by atoms with Crippen molar-refractivity contribution in [2.45, 2.75) is 6.04 Å². The van der Waals surface area contributed by atoms with Gasteiger partial charge in [0.05, 0.1) is 5.69 Å². The van der Waals surface area contributed by atoms with Crippen LogP contribution in [-0.4, -0.2) is 29.0 Å². The molecule has 0 saturated carbocycles. The third-order valence-electron chi connectivity index (χ3n) is 1.90. The summed E-state index contributed by atoms with van der Waals surface area (Å²) >= 11 is 0. The summed E-state index contributed by atoms with van der Waals surface area (Å²) in [7, 11) is -4.37. The van der Waals surface area contributed by atoms with Crippen LogP contribution < -0.4 is 0 Å². The third-order valence-corrected chi connectivity index (χ3v) is 2.66. The molecule has 1 aliphatic heterocycles. The van der Waals surface area contributed by atoms with E-state index >= 15 is 0 Å². The molecule has 0 bridgehead atoms. The van der Waals surface area contributed by atoms with E-state index in [2.05, 4.69) is 4.99 Å². The van der Waals surface area contributed by atoms with Gasteiger partial charge in [-0.3, -0.25) is 9.12 Å². The lowest BCUT2D eigenvalue weighted by atomic mass is 10.2. The van der Waals surface area contributed by atoms with Gasteiger partial charge in [-0.05, 0) is 12.1 Å². The lowest BCUT2D eigenvalue weighted by Gasteiger charge is -1.98. The molecule has 14 heavy (non-hydrogen) atoms. The maximum atomic E-state index is 10.8. The number of hydrogen-bond donors (Lipinski definition) is 1. The van der Waals surface area contributed by atoms with Crippen LogP contribution in [0.15, 0.2) is 23.3 Å². The summed E-state index contributed by atoms with van der Waals surface area (Å²) in [4.78, 5) is 14.1. The van der Waals surface area contributed by atoms with Gasteiger partial charge < -0.3 is 4.79 Å². The lowest BCUT2D eigenvalue weighted by Crippen LogP contribution is -2.19. The molecule has 1 N–H and O–H groups in total. The molecule has 7 heteroatoms. The molecule has 74 valence electrons. The van der Waals surface area contributed by atoms with E-state index in [1.807, 2.05) is 0 Å². The molecule has 0 aliphatic carbocycles. The Hall–Kier alpha value is -1.47. The van der Waals surface area contributed by atoms with Gasteiger partial charge >= 0.3 is 11.5 Å². The van der Waals surface area contributed by atoms with Gasteiger partial charge in [0.1, 0.15) is 6.04 Å². The monoisotopic (exact) mass is 215 g/mol. The first-order chi connectivity index (χ1) is 6.54. The summed E-state index contributed by atoms with van der Waals surface area (Å²) in [5.74, 6) is 0. The van der Waals surface area contributed by atoms with Crippen molar-refractivity contribution in [3.8, 4) is 0 Å². The van der Waals surface area contributed by atoms with E-state index in [-0.39, 0.29) is 1.43 Å². The van der Waals surface area contributed by atoms with Gasteiger partial charge in [-0.25, -0.2) is 4.99 Å². The van der Waals surface area contributed by atoms with Crippen LogP contribution in [0.4, 0.5) is 0 Å². The van der Waals surface area contributed by atoms with Gasteiger partial charge in [-0.2, -0.15) is 8.42 Å². The van der Waals surface area contributed by atoms with Gasteiger partial charge in [0.2, 0.25) is 0 Å². The van der Waals surface area contributed by atoms with Gasteiger partial charge in [-0.1, -0.05) is 0 Å². The van der Waals surface area contributed by atoms with Crippen molar-refractivity contribution in [1.29, 1.82) is 0 Å². The third kappa shape index (κ3) is 1.17. The summed E-state index contributed by atoms with van der Waals surface area (Å²) < 4.78 is 31.7. The second-order valence-electron chi connectivity index (χ2n) is 2.77. The fourth-order valence-corrected chi connectivity index (χ4v) is 2.01. The van der Waals surface area contributed by atoms with E-state index in [1.165, 1.54) is 10.8 Å². The topological polar surface area (TPSA) is 88.7 Å². The minimum Gasteiger partial charge on any atom is -0.301 e. The van der Waals surface area contributed by atoms with E-state index in [9.17, 15) is 13.2 Å². The normalized spacial score (nSPS) is 20.4. The second-order valence-corrected chi connectivity index (χ2v) is 4.09. The number of hydrogen-bond acceptors (Lipinski definition) is 4. The van der Waals surface area contributed by atoms with E-state index < -0.39 is 21.3 Å². The molecule has 0 saturated heterocycles. The maximum Gasteiger partial charge on any atom is 1.00 e. The zero-order valence-corrected chi connectivity index (χ0v) is 7.68. The van der Waals surface area contributed by atoms with E-state index in [0.717, 1.165) is 0 Å². The first-order valence-electron chi connectivity index (χ1n) is 3.72. The number of nitrogens with zero attached hydrogens (tertiary/aromatic N) is 2. The number of fused-ring (bicyclic) bond motifs is 1. The fourth-order valence-electron chi connectivity index (χ4n) is 1.35. The first-order valence-corrected chi connectivity index (χ1v) is 5.16. The van der Waals surface area contributed by atoms with E-state index in [0.29, 0.717) is 12.0 Å². The molecular formula is C7H7N2O4S+. The predicted molar refractivity (Wildman–Crippen MR) is 48.7 cm³/mol. The Bertz CT molecular complexity index is 519. The standard InChI is InChI=1S/C7H6N2O4S/c10-4-5-6-2-1-3-9(6)7(8-5)14(11,12)13/h1-5H,(H,11,12,13)/p+1. The van der Waals surface area contributed by atoms with Crippen LogP contribution in [0.2, 0.25) is 0 Å². The molecule has 2 rings (SSSR count). The van der Waals surface area contributed by atoms with Crippen molar-refractivity contribution in [2.24, 2.45) is 4.99 Å². The molecule has 1 aromatic rings. The van der Waals surface area contributed by atoms with Crippen molar-refractivity contribution < 1.29 is 19.2 Å². The SMILES string of the molecule is O=CC1N=C(S(=O)(=O)O)n2cccc21.[H+]. The molecule has 0 fully saturated rings. The summed E-state index contributed by atoms with van der Waals surface area (Å²) in [6, 6.07) is 2.30. The Morgan fingerprint density at radius 3 is 2.93 bits per heavy atom. The zero-order chi connectivity index (χ0) is 10.3. The number of aliphatic imine (C=N–C) groups is 1. The highest BCUT2D eigenvalue weighted by molar-refractivity contribution is 8.01. The van der Waals surface area contributed by atoms with Crippen LogP contribution in [-0.2, 0) is 14.9 Å². The van der Waals surface area contributed by atoms with Gasteiger partial charge in [-0.15, -0.1) is 0 Å². The number of carbonyl (C=O) groups is 1. The Balaban J connectivity index is 0.00000112.